The molecule has 0 N–H and O–H groups in total. The molecule has 0 saturated heterocycles. The summed E-state index contributed by atoms with van der Waals surface area (Å²) < 4.78 is 13.0. The van der Waals surface area contributed by atoms with Gasteiger partial charge < -0.3 is 0 Å². The van der Waals surface area contributed by atoms with Crippen LogP contribution in [0.2, 0.25) is 10.2 Å². The van der Waals surface area contributed by atoms with E-state index in [0.717, 1.165) is 11.3 Å². The fourth-order valence-electron chi connectivity index (χ4n) is 1.99. The molecule has 1 aromatic carbocycles. The summed E-state index contributed by atoms with van der Waals surface area (Å²) in [6, 6.07) is 4.11. The monoisotopic (exact) mass is 298 g/mol. The summed E-state index contributed by atoms with van der Waals surface area (Å²) >= 11 is 12.2. The van der Waals surface area contributed by atoms with Crippen LogP contribution in [-0.2, 0) is 0 Å². The van der Waals surface area contributed by atoms with Crippen molar-refractivity contribution in [1.82, 2.24) is 9.97 Å². The number of hydrogen-bond acceptors (Lipinski definition) is 2. The van der Waals surface area contributed by atoms with Crippen LogP contribution < -0.4 is 0 Å². The SMILES string of the molecule is Cc1nc(-c2ccc(F)cc2Cl)nc(Cl)c1C(C)C. The number of aryl methyl sites for hydroxylation is 1. The van der Waals surface area contributed by atoms with Crippen LogP contribution in [0.25, 0.3) is 11.4 Å². The number of hydrogen-bond donors (Lipinski definition) is 0. The van der Waals surface area contributed by atoms with Crippen LogP contribution in [0.4, 0.5) is 4.39 Å². The Morgan fingerprint density at radius 2 is 1.84 bits per heavy atom. The molecule has 0 aliphatic heterocycles. The zero-order valence-electron chi connectivity index (χ0n) is 10.8. The average Bonchev–Trinajstić information content (AvgIpc) is 2.26. The summed E-state index contributed by atoms with van der Waals surface area (Å²) in [5.41, 5.74) is 2.30. The Hall–Kier alpha value is -1.19. The molecule has 0 aliphatic carbocycles. The minimum Gasteiger partial charge on any atom is -0.233 e. The van der Waals surface area contributed by atoms with Gasteiger partial charge in [-0.1, -0.05) is 37.0 Å². The van der Waals surface area contributed by atoms with Crippen molar-refractivity contribution in [3.63, 3.8) is 0 Å². The number of benzene rings is 1. The van der Waals surface area contributed by atoms with Gasteiger partial charge in [0.15, 0.2) is 5.82 Å². The quantitative estimate of drug-likeness (QED) is 0.727. The molecule has 0 fully saturated rings. The van der Waals surface area contributed by atoms with Gasteiger partial charge in [-0.15, -0.1) is 0 Å². The molecule has 1 aromatic heterocycles. The Morgan fingerprint density at radius 3 is 2.37 bits per heavy atom. The first kappa shape index (κ1) is 14.2. The summed E-state index contributed by atoms with van der Waals surface area (Å²) in [6.07, 6.45) is 0. The van der Waals surface area contributed by atoms with E-state index in [-0.39, 0.29) is 10.9 Å². The van der Waals surface area contributed by atoms with Crippen LogP contribution in [0.1, 0.15) is 31.0 Å². The fourth-order valence-corrected chi connectivity index (χ4v) is 2.68. The van der Waals surface area contributed by atoms with Gasteiger partial charge in [-0.2, -0.15) is 0 Å². The standard InChI is InChI=1S/C14H13Cl2FN2/c1-7(2)12-8(3)18-14(19-13(12)16)10-5-4-9(17)6-11(10)15/h4-7H,1-3H3. The molecule has 0 radical (unpaired) electrons. The summed E-state index contributed by atoms with van der Waals surface area (Å²) in [6.45, 7) is 5.94. The van der Waals surface area contributed by atoms with E-state index in [1.165, 1.54) is 12.1 Å². The van der Waals surface area contributed by atoms with Crippen LogP contribution in [0.5, 0.6) is 0 Å². The van der Waals surface area contributed by atoms with Gasteiger partial charge in [0.25, 0.3) is 0 Å². The van der Waals surface area contributed by atoms with Gasteiger partial charge in [-0.05, 0) is 31.0 Å². The lowest BCUT2D eigenvalue weighted by atomic mass is 10.0. The third-order valence-corrected chi connectivity index (χ3v) is 3.44. The maximum Gasteiger partial charge on any atom is 0.162 e. The molecule has 2 nitrogen and oxygen atoms in total. The minimum absolute atomic E-state index is 0.241. The van der Waals surface area contributed by atoms with Gasteiger partial charge in [0.2, 0.25) is 0 Å². The number of aromatic nitrogens is 2. The largest absolute Gasteiger partial charge is 0.233 e. The second-order valence-electron chi connectivity index (χ2n) is 4.62. The van der Waals surface area contributed by atoms with E-state index >= 15 is 0 Å². The molecule has 0 unspecified atom stereocenters. The average molecular weight is 299 g/mol. The molecule has 0 atom stereocenters. The van der Waals surface area contributed by atoms with E-state index in [1.807, 2.05) is 20.8 Å². The zero-order valence-corrected chi connectivity index (χ0v) is 12.3. The van der Waals surface area contributed by atoms with Crippen molar-refractivity contribution in [2.75, 3.05) is 0 Å². The van der Waals surface area contributed by atoms with Crippen LogP contribution in [0, 0.1) is 12.7 Å². The predicted molar refractivity (Wildman–Crippen MR) is 76.3 cm³/mol. The lowest BCUT2D eigenvalue weighted by Gasteiger charge is -2.12. The molecule has 5 heteroatoms. The normalized spacial score (nSPS) is 11.1. The molecule has 0 saturated carbocycles. The Kier molecular flexibility index (Phi) is 4.07. The molecule has 0 spiro atoms. The highest BCUT2D eigenvalue weighted by atomic mass is 35.5. The predicted octanol–water partition coefficient (Wildman–Crippen LogP) is 5.02. The summed E-state index contributed by atoms with van der Waals surface area (Å²) in [5.74, 6) is 0.262. The van der Waals surface area contributed by atoms with E-state index < -0.39 is 5.82 Å². The highest BCUT2D eigenvalue weighted by molar-refractivity contribution is 6.33. The first-order valence-corrected chi connectivity index (χ1v) is 6.65. The van der Waals surface area contributed by atoms with Crippen molar-refractivity contribution in [1.29, 1.82) is 0 Å². The van der Waals surface area contributed by atoms with Crippen molar-refractivity contribution in [3.8, 4) is 11.4 Å². The van der Waals surface area contributed by atoms with Gasteiger partial charge in [0, 0.05) is 16.8 Å². The fraction of sp³-hybridized carbons (Fsp3) is 0.286. The van der Waals surface area contributed by atoms with Gasteiger partial charge in [0.1, 0.15) is 11.0 Å². The first-order chi connectivity index (χ1) is 8.90. The van der Waals surface area contributed by atoms with Crippen molar-refractivity contribution in [2.24, 2.45) is 0 Å². The van der Waals surface area contributed by atoms with Crippen molar-refractivity contribution < 1.29 is 4.39 Å². The molecule has 0 aliphatic rings. The van der Waals surface area contributed by atoms with Gasteiger partial charge in [0.05, 0.1) is 5.02 Å². The number of rotatable bonds is 2. The Labute approximate surface area is 121 Å². The molecule has 0 amide bonds. The van der Waals surface area contributed by atoms with Crippen LogP contribution in [0.15, 0.2) is 18.2 Å². The smallest absolute Gasteiger partial charge is 0.162 e. The lowest BCUT2D eigenvalue weighted by Crippen LogP contribution is -2.02. The molecular formula is C14H13Cl2FN2. The lowest BCUT2D eigenvalue weighted by molar-refractivity contribution is 0.628. The van der Waals surface area contributed by atoms with Gasteiger partial charge in [-0.25, -0.2) is 14.4 Å². The van der Waals surface area contributed by atoms with E-state index in [1.54, 1.807) is 6.07 Å². The first-order valence-electron chi connectivity index (χ1n) is 5.89. The molecule has 0 bridgehead atoms. The molecule has 2 aromatic rings. The molecule has 2 rings (SSSR count). The van der Waals surface area contributed by atoms with Crippen molar-refractivity contribution in [2.45, 2.75) is 26.7 Å². The van der Waals surface area contributed by atoms with Gasteiger partial charge in [-0.3, -0.25) is 0 Å². The summed E-state index contributed by atoms with van der Waals surface area (Å²) in [5, 5.41) is 0.686. The second-order valence-corrected chi connectivity index (χ2v) is 5.38. The topological polar surface area (TPSA) is 25.8 Å². The van der Waals surface area contributed by atoms with Crippen LogP contribution >= 0.6 is 23.2 Å². The maximum absolute atomic E-state index is 13.0. The van der Waals surface area contributed by atoms with Crippen molar-refractivity contribution >= 4 is 23.2 Å². The number of nitrogens with zero attached hydrogens (tertiary/aromatic N) is 2. The molecular weight excluding hydrogens is 286 g/mol. The zero-order chi connectivity index (χ0) is 14.2. The third-order valence-electron chi connectivity index (χ3n) is 2.84. The number of halogens is 3. The van der Waals surface area contributed by atoms with Crippen LogP contribution in [-0.4, -0.2) is 9.97 Å². The summed E-state index contributed by atoms with van der Waals surface area (Å²) in [7, 11) is 0. The molecule has 1 heterocycles. The highest BCUT2D eigenvalue weighted by Gasteiger charge is 2.15. The second kappa shape index (κ2) is 5.43. The minimum atomic E-state index is -0.393. The maximum atomic E-state index is 13.0. The van der Waals surface area contributed by atoms with Crippen molar-refractivity contribution in [3.05, 3.63) is 45.4 Å². The van der Waals surface area contributed by atoms with E-state index in [9.17, 15) is 4.39 Å². The van der Waals surface area contributed by atoms with E-state index in [0.29, 0.717) is 16.5 Å². The molecule has 19 heavy (non-hydrogen) atoms. The van der Waals surface area contributed by atoms with E-state index in [4.69, 9.17) is 23.2 Å². The Morgan fingerprint density at radius 1 is 1.16 bits per heavy atom. The molecule has 100 valence electrons. The van der Waals surface area contributed by atoms with E-state index in [2.05, 4.69) is 9.97 Å². The Balaban J connectivity index is 2.58. The van der Waals surface area contributed by atoms with Gasteiger partial charge >= 0.3 is 0 Å². The highest BCUT2D eigenvalue weighted by Crippen LogP contribution is 2.31. The summed E-state index contributed by atoms with van der Waals surface area (Å²) in [4.78, 5) is 8.68. The third kappa shape index (κ3) is 2.88. The van der Waals surface area contributed by atoms with Crippen LogP contribution in [0.3, 0.4) is 0 Å². The Bertz CT molecular complexity index is 604.